The van der Waals surface area contributed by atoms with E-state index in [1.807, 2.05) is 12.1 Å². The molecule has 19 heavy (non-hydrogen) atoms. The van der Waals surface area contributed by atoms with E-state index in [9.17, 15) is 8.42 Å². The molecule has 6 heteroatoms. The fourth-order valence-corrected chi connectivity index (χ4v) is 3.76. The van der Waals surface area contributed by atoms with Crippen LogP contribution in [0.15, 0.2) is 57.9 Å². The number of rotatable bonds is 4. The van der Waals surface area contributed by atoms with Crippen LogP contribution in [0, 0.1) is 0 Å². The third-order valence-electron chi connectivity index (χ3n) is 2.51. The Bertz CT molecular complexity index is 687. The fourth-order valence-electron chi connectivity index (χ4n) is 1.57. The maximum absolute atomic E-state index is 12.3. The molecule has 0 saturated heterocycles. The summed E-state index contributed by atoms with van der Waals surface area (Å²) in [6.07, 6.45) is 0. The number of para-hydroxylation sites is 1. The van der Waals surface area contributed by atoms with Crippen LogP contribution >= 0.6 is 31.9 Å². The first-order valence-corrected chi connectivity index (χ1v) is 8.85. The molecule has 0 atom stereocenters. The van der Waals surface area contributed by atoms with Crippen LogP contribution in [0.3, 0.4) is 0 Å². The van der Waals surface area contributed by atoms with Crippen molar-refractivity contribution in [3.63, 3.8) is 0 Å². The Hall–Kier alpha value is -0.850. The van der Waals surface area contributed by atoms with Crippen molar-refractivity contribution in [1.29, 1.82) is 0 Å². The van der Waals surface area contributed by atoms with Gasteiger partial charge >= 0.3 is 0 Å². The van der Waals surface area contributed by atoms with E-state index in [2.05, 4.69) is 36.6 Å². The van der Waals surface area contributed by atoms with Gasteiger partial charge in [0.15, 0.2) is 0 Å². The lowest BCUT2D eigenvalue weighted by molar-refractivity contribution is 0.601. The largest absolute Gasteiger partial charge is 0.279 e. The predicted octanol–water partition coefficient (Wildman–Crippen LogP) is 4.14. The van der Waals surface area contributed by atoms with Gasteiger partial charge in [-0.1, -0.05) is 56.1 Å². The number of anilines is 1. The molecule has 0 fully saturated rings. The van der Waals surface area contributed by atoms with Gasteiger partial charge in [0.1, 0.15) is 0 Å². The highest BCUT2D eigenvalue weighted by molar-refractivity contribution is 9.10. The quantitative estimate of drug-likeness (QED) is 0.778. The molecule has 1 N–H and O–H groups in total. The molecular weight excluding hydrogens is 394 g/mol. The minimum absolute atomic E-state index is 0.228. The van der Waals surface area contributed by atoms with Crippen LogP contribution in [0.25, 0.3) is 0 Å². The Kier molecular flexibility index (Phi) is 4.65. The molecule has 0 unspecified atom stereocenters. The molecule has 0 aliphatic heterocycles. The maximum atomic E-state index is 12.3. The van der Waals surface area contributed by atoms with E-state index in [4.69, 9.17) is 0 Å². The molecule has 2 rings (SSSR count). The Balaban J connectivity index is 2.37. The van der Waals surface area contributed by atoms with Crippen LogP contribution in [-0.2, 0) is 15.4 Å². The summed E-state index contributed by atoms with van der Waals surface area (Å²) in [5, 5.41) is 0.587. The normalized spacial score (nSPS) is 11.3. The summed E-state index contributed by atoms with van der Waals surface area (Å²) in [6, 6.07) is 13.9. The fraction of sp³-hybridized carbons (Fsp3) is 0.0769. The lowest BCUT2D eigenvalue weighted by Gasteiger charge is -2.11. The lowest BCUT2D eigenvalue weighted by atomic mass is 10.2. The van der Waals surface area contributed by atoms with Gasteiger partial charge in [0, 0.05) is 9.80 Å². The first kappa shape index (κ1) is 14.6. The molecule has 0 heterocycles. The number of benzene rings is 2. The second-order valence-corrected chi connectivity index (χ2v) is 7.01. The third kappa shape index (κ3) is 3.58. The summed E-state index contributed by atoms with van der Waals surface area (Å²) in [5.41, 5.74) is 1.47. The van der Waals surface area contributed by atoms with Crippen LogP contribution in [-0.4, -0.2) is 8.42 Å². The number of hydrogen-bond donors (Lipinski definition) is 1. The van der Waals surface area contributed by atoms with Crippen molar-refractivity contribution in [3.8, 4) is 0 Å². The smallest absolute Gasteiger partial charge is 0.261 e. The van der Waals surface area contributed by atoms with Crippen molar-refractivity contribution >= 4 is 47.6 Å². The highest BCUT2D eigenvalue weighted by atomic mass is 79.9. The van der Waals surface area contributed by atoms with E-state index in [0.29, 0.717) is 11.0 Å². The van der Waals surface area contributed by atoms with Gasteiger partial charge in [0.2, 0.25) is 0 Å². The van der Waals surface area contributed by atoms with Crippen LogP contribution in [0.4, 0.5) is 5.69 Å². The van der Waals surface area contributed by atoms with Crippen molar-refractivity contribution in [2.24, 2.45) is 0 Å². The summed E-state index contributed by atoms with van der Waals surface area (Å²) >= 11 is 6.61. The third-order valence-corrected chi connectivity index (χ3v) is 4.97. The Morgan fingerprint density at radius 3 is 2.47 bits per heavy atom. The average Bonchev–Trinajstić information content (AvgIpc) is 2.39. The van der Waals surface area contributed by atoms with Crippen LogP contribution in [0.1, 0.15) is 5.56 Å². The zero-order valence-electron chi connectivity index (χ0n) is 9.81. The highest BCUT2D eigenvalue weighted by Gasteiger charge is 2.15. The Morgan fingerprint density at radius 2 is 1.79 bits per heavy atom. The first-order chi connectivity index (χ1) is 9.03. The van der Waals surface area contributed by atoms with Crippen molar-refractivity contribution in [3.05, 3.63) is 58.6 Å². The molecule has 0 radical (unpaired) electrons. The molecule has 0 aromatic heterocycles. The summed E-state index contributed by atoms with van der Waals surface area (Å²) < 4.78 is 27.9. The van der Waals surface area contributed by atoms with Crippen molar-refractivity contribution in [2.45, 2.75) is 10.2 Å². The average molecular weight is 405 g/mol. The molecule has 2 aromatic carbocycles. The second kappa shape index (κ2) is 6.07. The molecular formula is C13H11Br2NO2S. The molecule has 0 amide bonds. The van der Waals surface area contributed by atoms with Crippen molar-refractivity contribution in [2.75, 3.05) is 4.72 Å². The van der Waals surface area contributed by atoms with E-state index < -0.39 is 10.0 Å². The number of halogens is 2. The van der Waals surface area contributed by atoms with Crippen molar-refractivity contribution in [1.82, 2.24) is 0 Å². The maximum Gasteiger partial charge on any atom is 0.261 e. The number of hydrogen-bond acceptors (Lipinski definition) is 2. The van der Waals surface area contributed by atoms with Crippen LogP contribution in [0.2, 0.25) is 0 Å². The molecule has 0 saturated carbocycles. The Labute approximate surface area is 129 Å². The van der Waals surface area contributed by atoms with E-state index in [0.717, 1.165) is 10.0 Å². The van der Waals surface area contributed by atoms with E-state index in [-0.39, 0.29) is 4.90 Å². The summed E-state index contributed by atoms with van der Waals surface area (Å²) in [5.74, 6) is 0. The van der Waals surface area contributed by atoms with Crippen molar-refractivity contribution < 1.29 is 8.42 Å². The minimum atomic E-state index is -3.57. The lowest BCUT2D eigenvalue weighted by Crippen LogP contribution is -2.13. The molecule has 2 aromatic rings. The monoisotopic (exact) mass is 403 g/mol. The van der Waals surface area contributed by atoms with Crippen LogP contribution < -0.4 is 4.72 Å². The summed E-state index contributed by atoms with van der Waals surface area (Å²) in [4.78, 5) is 0.228. The van der Waals surface area contributed by atoms with E-state index in [1.165, 1.54) is 0 Å². The molecule has 3 nitrogen and oxygen atoms in total. The van der Waals surface area contributed by atoms with E-state index in [1.54, 1.807) is 36.4 Å². The summed E-state index contributed by atoms with van der Waals surface area (Å²) in [6.45, 7) is 0. The first-order valence-electron chi connectivity index (χ1n) is 5.45. The van der Waals surface area contributed by atoms with Gasteiger partial charge in [-0.25, -0.2) is 8.42 Å². The topological polar surface area (TPSA) is 46.2 Å². The van der Waals surface area contributed by atoms with Gasteiger partial charge in [-0.2, -0.15) is 0 Å². The van der Waals surface area contributed by atoms with Gasteiger partial charge in [-0.3, -0.25) is 4.72 Å². The van der Waals surface area contributed by atoms with Crippen LogP contribution in [0.5, 0.6) is 0 Å². The predicted molar refractivity (Wildman–Crippen MR) is 84.0 cm³/mol. The molecule has 0 aliphatic rings. The Morgan fingerprint density at radius 1 is 1.05 bits per heavy atom. The zero-order valence-corrected chi connectivity index (χ0v) is 13.8. The number of nitrogens with one attached hydrogen (secondary N) is 1. The number of alkyl halides is 1. The number of sulfonamides is 1. The van der Waals surface area contributed by atoms with E-state index >= 15 is 0 Å². The van der Waals surface area contributed by atoms with Gasteiger partial charge in [-0.15, -0.1) is 0 Å². The standard InChI is InChI=1S/C13H11Br2NO2S/c14-9-10-4-1-2-7-13(10)16-19(17,18)12-6-3-5-11(15)8-12/h1-8,16H,9H2. The summed E-state index contributed by atoms with van der Waals surface area (Å²) in [7, 11) is -3.57. The van der Waals surface area contributed by atoms with Gasteiger partial charge < -0.3 is 0 Å². The molecule has 100 valence electrons. The molecule has 0 aliphatic carbocycles. The zero-order chi connectivity index (χ0) is 13.9. The molecule has 0 bridgehead atoms. The second-order valence-electron chi connectivity index (χ2n) is 3.85. The minimum Gasteiger partial charge on any atom is -0.279 e. The van der Waals surface area contributed by atoms with Gasteiger partial charge in [0.25, 0.3) is 10.0 Å². The van der Waals surface area contributed by atoms with Gasteiger partial charge in [0.05, 0.1) is 10.6 Å². The SMILES string of the molecule is O=S(=O)(Nc1ccccc1CBr)c1cccc(Br)c1. The van der Waals surface area contributed by atoms with Gasteiger partial charge in [-0.05, 0) is 29.8 Å². The molecule has 0 spiro atoms. The highest BCUT2D eigenvalue weighted by Crippen LogP contribution is 2.23.